The largest absolute Gasteiger partial charge is 0.497 e. The summed E-state index contributed by atoms with van der Waals surface area (Å²) in [7, 11) is 1.63. The summed E-state index contributed by atoms with van der Waals surface area (Å²) in [6.07, 6.45) is 5.89. The summed E-state index contributed by atoms with van der Waals surface area (Å²) in [5.41, 5.74) is 3.10. The van der Waals surface area contributed by atoms with Crippen LogP contribution in [0.15, 0.2) is 48.8 Å². The van der Waals surface area contributed by atoms with Crippen LogP contribution in [0.25, 0.3) is 5.65 Å². The first kappa shape index (κ1) is 18.8. The normalized spacial score (nSPS) is 10.7. The number of benzene rings is 1. The van der Waals surface area contributed by atoms with Crippen LogP contribution < -0.4 is 14.8 Å². The number of aryl methyl sites for hydroxylation is 1. The minimum absolute atomic E-state index is 0.0351. The lowest BCUT2D eigenvalue weighted by Crippen LogP contribution is -2.25. The Balaban J connectivity index is 1.33. The number of carbonyl (C=O) groups excluding carboxylic acids is 1. The molecule has 1 N–H and O–H groups in total. The molecule has 3 aromatic rings. The number of hydrogen-bond donors (Lipinski definition) is 1. The Kier molecular flexibility index (Phi) is 6.30. The van der Waals surface area contributed by atoms with Crippen LogP contribution in [-0.4, -0.2) is 35.6 Å². The number of pyridine rings is 1. The van der Waals surface area contributed by atoms with Crippen LogP contribution in [0.2, 0.25) is 0 Å². The molecule has 0 aliphatic carbocycles. The van der Waals surface area contributed by atoms with E-state index in [0.717, 1.165) is 29.3 Å². The average Bonchev–Trinajstić information content (AvgIpc) is 3.07. The molecule has 0 atom stereocenters. The molecule has 6 heteroatoms. The predicted molar refractivity (Wildman–Crippen MR) is 104 cm³/mol. The summed E-state index contributed by atoms with van der Waals surface area (Å²) in [4.78, 5) is 16.5. The van der Waals surface area contributed by atoms with E-state index in [-0.39, 0.29) is 5.91 Å². The minimum atomic E-state index is 0.0351. The summed E-state index contributed by atoms with van der Waals surface area (Å²) in [6, 6.07) is 11.5. The first-order valence-corrected chi connectivity index (χ1v) is 9.12. The molecular formula is C21H25N3O3. The standard InChI is InChI=1S/C21H25N3O3/c1-16-5-10-20-23-17(15-24(20)14-16)11-12-22-21(25)4-3-13-27-19-8-6-18(26-2)7-9-19/h5-10,14-15H,3-4,11-13H2,1-2H3,(H,22,25). The lowest BCUT2D eigenvalue weighted by Gasteiger charge is -2.07. The van der Waals surface area contributed by atoms with Crippen molar-refractivity contribution in [2.75, 3.05) is 20.3 Å². The molecule has 0 spiro atoms. The van der Waals surface area contributed by atoms with E-state index in [1.54, 1.807) is 7.11 Å². The Bertz CT molecular complexity index is 887. The number of amides is 1. The number of ether oxygens (including phenoxy) is 2. The van der Waals surface area contributed by atoms with E-state index in [4.69, 9.17) is 9.47 Å². The van der Waals surface area contributed by atoms with Crippen LogP contribution in [0.3, 0.4) is 0 Å². The number of carbonyl (C=O) groups is 1. The van der Waals surface area contributed by atoms with Crippen LogP contribution in [0.5, 0.6) is 11.5 Å². The SMILES string of the molecule is COc1ccc(OCCCC(=O)NCCc2cn3cc(C)ccc3n2)cc1. The molecule has 0 saturated heterocycles. The summed E-state index contributed by atoms with van der Waals surface area (Å²) < 4.78 is 12.7. The van der Waals surface area contributed by atoms with Crippen LogP contribution in [-0.2, 0) is 11.2 Å². The van der Waals surface area contributed by atoms with E-state index in [1.807, 2.05) is 53.2 Å². The molecule has 2 aromatic heterocycles. The maximum absolute atomic E-state index is 11.9. The van der Waals surface area contributed by atoms with E-state index in [0.29, 0.717) is 26.0 Å². The zero-order valence-corrected chi connectivity index (χ0v) is 15.8. The molecule has 2 heterocycles. The Labute approximate surface area is 159 Å². The number of fused-ring (bicyclic) bond motifs is 1. The van der Waals surface area contributed by atoms with Crippen LogP contribution >= 0.6 is 0 Å². The fourth-order valence-electron chi connectivity index (χ4n) is 2.79. The smallest absolute Gasteiger partial charge is 0.220 e. The molecule has 1 aromatic carbocycles. The van der Waals surface area contributed by atoms with Crippen molar-refractivity contribution in [1.82, 2.24) is 14.7 Å². The molecule has 142 valence electrons. The summed E-state index contributed by atoms with van der Waals surface area (Å²) >= 11 is 0. The van der Waals surface area contributed by atoms with E-state index >= 15 is 0 Å². The molecule has 0 saturated carbocycles. The second-order valence-electron chi connectivity index (χ2n) is 6.43. The summed E-state index contributed by atoms with van der Waals surface area (Å²) in [5, 5.41) is 2.94. The van der Waals surface area contributed by atoms with Gasteiger partial charge in [-0.05, 0) is 49.2 Å². The topological polar surface area (TPSA) is 64.9 Å². The quantitative estimate of drug-likeness (QED) is 0.590. The van der Waals surface area contributed by atoms with Gasteiger partial charge in [-0.25, -0.2) is 4.98 Å². The summed E-state index contributed by atoms with van der Waals surface area (Å²) in [6.45, 7) is 3.14. The van der Waals surface area contributed by atoms with Crippen molar-refractivity contribution in [3.8, 4) is 11.5 Å². The first-order valence-electron chi connectivity index (χ1n) is 9.12. The number of aromatic nitrogens is 2. The molecule has 6 nitrogen and oxygen atoms in total. The molecule has 3 rings (SSSR count). The number of nitrogens with one attached hydrogen (secondary N) is 1. The molecule has 27 heavy (non-hydrogen) atoms. The highest BCUT2D eigenvalue weighted by molar-refractivity contribution is 5.75. The van der Waals surface area contributed by atoms with Gasteiger partial charge in [0.1, 0.15) is 17.1 Å². The third-order valence-electron chi connectivity index (χ3n) is 4.23. The van der Waals surface area contributed by atoms with E-state index < -0.39 is 0 Å². The third-order valence-corrected chi connectivity index (χ3v) is 4.23. The highest BCUT2D eigenvalue weighted by atomic mass is 16.5. The van der Waals surface area contributed by atoms with E-state index in [9.17, 15) is 4.79 Å². The highest BCUT2D eigenvalue weighted by Gasteiger charge is 2.05. The van der Waals surface area contributed by atoms with Gasteiger partial charge < -0.3 is 19.2 Å². The zero-order valence-electron chi connectivity index (χ0n) is 15.8. The number of hydrogen-bond acceptors (Lipinski definition) is 4. The molecule has 0 aliphatic heterocycles. The second-order valence-corrected chi connectivity index (χ2v) is 6.43. The van der Waals surface area contributed by atoms with Gasteiger partial charge >= 0.3 is 0 Å². The molecule has 0 fully saturated rings. The molecule has 1 amide bonds. The highest BCUT2D eigenvalue weighted by Crippen LogP contribution is 2.17. The van der Waals surface area contributed by atoms with Gasteiger partial charge in [0.05, 0.1) is 19.4 Å². The molecular weight excluding hydrogens is 342 g/mol. The Morgan fingerprint density at radius 3 is 2.67 bits per heavy atom. The lowest BCUT2D eigenvalue weighted by atomic mass is 10.3. The third kappa shape index (κ3) is 5.48. The van der Waals surface area contributed by atoms with E-state index in [2.05, 4.69) is 17.2 Å². The van der Waals surface area contributed by atoms with Crippen molar-refractivity contribution in [2.24, 2.45) is 0 Å². The van der Waals surface area contributed by atoms with Crippen molar-refractivity contribution in [1.29, 1.82) is 0 Å². The Morgan fingerprint density at radius 2 is 1.89 bits per heavy atom. The van der Waals surface area contributed by atoms with Crippen LogP contribution in [0, 0.1) is 6.92 Å². The fraction of sp³-hybridized carbons (Fsp3) is 0.333. The molecule has 0 radical (unpaired) electrons. The molecule has 0 bridgehead atoms. The van der Waals surface area contributed by atoms with Gasteiger partial charge in [0, 0.05) is 31.8 Å². The Morgan fingerprint density at radius 1 is 1.11 bits per heavy atom. The van der Waals surface area contributed by atoms with Crippen molar-refractivity contribution in [3.63, 3.8) is 0 Å². The van der Waals surface area contributed by atoms with Crippen molar-refractivity contribution in [3.05, 3.63) is 60.0 Å². The van der Waals surface area contributed by atoms with E-state index in [1.165, 1.54) is 5.56 Å². The molecule has 0 unspecified atom stereocenters. The Hall–Kier alpha value is -3.02. The van der Waals surface area contributed by atoms with Crippen LogP contribution in [0.1, 0.15) is 24.1 Å². The number of methoxy groups -OCH3 is 1. The minimum Gasteiger partial charge on any atom is -0.497 e. The van der Waals surface area contributed by atoms with Gasteiger partial charge in [0.2, 0.25) is 5.91 Å². The van der Waals surface area contributed by atoms with Gasteiger partial charge in [0.25, 0.3) is 0 Å². The maximum Gasteiger partial charge on any atom is 0.220 e. The monoisotopic (exact) mass is 367 g/mol. The van der Waals surface area contributed by atoms with Gasteiger partial charge in [-0.15, -0.1) is 0 Å². The second kappa shape index (κ2) is 9.07. The molecule has 0 aliphatic rings. The van der Waals surface area contributed by atoms with Gasteiger partial charge in [-0.1, -0.05) is 6.07 Å². The summed E-state index contributed by atoms with van der Waals surface area (Å²) in [5.74, 6) is 1.61. The lowest BCUT2D eigenvalue weighted by molar-refractivity contribution is -0.121. The van der Waals surface area contributed by atoms with Crippen molar-refractivity contribution < 1.29 is 14.3 Å². The van der Waals surface area contributed by atoms with Crippen molar-refractivity contribution >= 4 is 11.6 Å². The maximum atomic E-state index is 11.9. The average molecular weight is 367 g/mol. The number of imidazole rings is 1. The van der Waals surface area contributed by atoms with Gasteiger partial charge in [-0.2, -0.15) is 0 Å². The van der Waals surface area contributed by atoms with Gasteiger partial charge in [-0.3, -0.25) is 4.79 Å². The number of nitrogens with zero attached hydrogens (tertiary/aromatic N) is 2. The fourth-order valence-corrected chi connectivity index (χ4v) is 2.79. The van der Waals surface area contributed by atoms with Crippen LogP contribution in [0.4, 0.5) is 0 Å². The number of rotatable bonds is 9. The zero-order chi connectivity index (χ0) is 19.1. The predicted octanol–water partition coefficient (Wildman–Crippen LogP) is 3.17. The van der Waals surface area contributed by atoms with Gasteiger partial charge in [0.15, 0.2) is 0 Å². The first-order chi connectivity index (χ1) is 13.1. The van der Waals surface area contributed by atoms with Crippen molar-refractivity contribution in [2.45, 2.75) is 26.2 Å².